The zero-order valence-electron chi connectivity index (χ0n) is 9.19. The normalized spacial score (nSPS) is 11.7. The molecule has 0 spiro atoms. The number of fused-ring (bicyclic) bond motifs is 1. The highest BCUT2D eigenvalue weighted by Crippen LogP contribution is 2.21. The second-order valence-electron chi connectivity index (χ2n) is 3.76. The first-order valence-corrected chi connectivity index (χ1v) is 5.89. The lowest BCUT2D eigenvalue weighted by atomic mass is 10.2. The van der Waals surface area contributed by atoms with Crippen molar-refractivity contribution in [3.05, 3.63) is 10.8 Å². The van der Waals surface area contributed by atoms with Crippen molar-refractivity contribution in [2.75, 3.05) is 13.6 Å². The van der Waals surface area contributed by atoms with Gasteiger partial charge in [-0.2, -0.15) is 9.61 Å². The maximum Gasteiger partial charge on any atom is 0.234 e. The molecule has 2 heterocycles. The van der Waals surface area contributed by atoms with Crippen molar-refractivity contribution in [1.29, 1.82) is 0 Å². The molecule has 0 bridgehead atoms. The smallest absolute Gasteiger partial charge is 0.234 e. The molecule has 0 aliphatic heterocycles. The Morgan fingerprint density at radius 3 is 2.87 bits per heavy atom. The molecule has 2 rings (SSSR count). The molecule has 0 radical (unpaired) electrons. The average molecular weight is 225 g/mol. The molecule has 0 amide bonds. The Kier molecular flexibility index (Phi) is 2.97. The molecule has 1 N–H and O–H groups in total. The largest absolute Gasteiger partial charge is 0.319 e. The van der Waals surface area contributed by atoms with Crippen LogP contribution in [-0.2, 0) is 6.42 Å². The fraction of sp³-hybridized carbons (Fsp3) is 0.667. The maximum atomic E-state index is 4.51. The van der Waals surface area contributed by atoms with E-state index in [1.165, 1.54) is 0 Å². The first-order chi connectivity index (χ1) is 7.22. The van der Waals surface area contributed by atoms with Gasteiger partial charge in [0.2, 0.25) is 4.96 Å². The van der Waals surface area contributed by atoms with E-state index in [1.807, 2.05) is 11.6 Å². The van der Waals surface area contributed by atoms with Crippen LogP contribution in [0.5, 0.6) is 0 Å². The number of nitrogens with zero attached hydrogens (tertiary/aromatic N) is 4. The van der Waals surface area contributed by atoms with Crippen molar-refractivity contribution < 1.29 is 0 Å². The summed E-state index contributed by atoms with van der Waals surface area (Å²) in [5.41, 5.74) is 0. The van der Waals surface area contributed by atoms with E-state index in [0.717, 1.165) is 28.8 Å². The molecule has 6 heteroatoms. The third kappa shape index (κ3) is 2.00. The van der Waals surface area contributed by atoms with Gasteiger partial charge in [0.15, 0.2) is 5.82 Å². The van der Waals surface area contributed by atoms with Gasteiger partial charge in [-0.3, -0.25) is 0 Å². The lowest BCUT2D eigenvalue weighted by molar-refractivity contribution is 0.713. The standard InChI is InChI=1S/C9H15N5S/c1-6(2)8-13-14-7(4-5-10-3)11-12-9(14)15-8/h6,10H,4-5H2,1-3H3. The van der Waals surface area contributed by atoms with Gasteiger partial charge in [-0.15, -0.1) is 10.2 Å². The summed E-state index contributed by atoms with van der Waals surface area (Å²) in [6, 6.07) is 0. The topological polar surface area (TPSA) is 55.1 Å². The van der Waals surface area contributed by atoms with Gasteiger partial charge in [-0.25, -0.2) is 0 Å². The van der Waals surface area contributed by atoms with Crippen LogP contribution in [0.3, 0.4) is 0 Å². The predicted molar refractivity (Wildman–Crippen MR) is 60.4 cm³/mol. The third-order valence-corrected chi connectivity index (χ3v) is 3.36. The van der Waals surface area contributed by atoms with Gasteiger partial charge >= 0.3 is 0 Å². The third-order valence-electron chi connectivity index (χ3n) is 2.16. The Bertz CT molecular complexity index is 444. The number of nitrogens with one attached hydrogen (secondary N) is 1. The van der Waals surface area contributed by atoms with Crippen LogP contribution >= 0.6 is 11.3 Å². The van der Waals surface area contributed by atoms with Crippen LogP contribution in [0.25, 0.3) is 4.96 Å². The van der Waals surface area contributed by atoms with Gasteiger partial charge in [0, 0.05) is 18.9 Å². The maximum absolute atomic E-state index is 4.51. The molecule has 2 aromatic heterocycles. The van der Waals surface area contributed by atoms with E-state index in [2.05, 4.69) is 34.5 Å². The Balaban J connectivity index is 2.32. The molecule has 0 aliphatic rings. The Morgan fingerprint density at radius 1 is 1.40 bits per heavy atom. The van der Waals surface area contributed by atoms with Crippen LogP contribution in [0.1, 0.15) is 30.6 Å². The molecule has 0 fully saturated rings. The molecule has 0 saturated carbocycles. The molecule has 2 aromatic rings. The lowest BCUT2D eigenvalue weighted by Gasteiger charge is -1.96. The van der Waals surface area contributed by atoms with Gasteiger partial charge in [0.1, 0.15) is 5.01 Å². The number of likely N-dealkylation sites (N-methyl/N-ethyl adjacent to an activating group) is 1. The molecular weight excluding hydrogens is 210 g/mol. The highest BCUT2D eigenvalue weighted by Gasteiger charge is 2.12. The van der Waals surface area contributed by atoms with Crippen molar-refractivity contribution in [2.24, 2.45) is 0 Å². The minimum Gasteiger partial charge on any atom is -0.319 e. The van der Waals surface area contributed by atoms with E-state index in [0.29, 0.717) is 5.92 Å². The van der Waals surface area contributed by atoms with E-state index in [4.69, 9.17) is 0 Å². The van der Waals surface area contributed by atoms with E-state index >= 15 is 0 Å². The molecule has 82 valence electrons. The van der Waals surface area contributed by atoms with E-state index in [-0.39, 0.29) is 0 Å². The van der Waals surface area contributed by atoms with Crippen molar-refractivity contribution >= 4 is 16.3 Å². The summed E-state index contributed by atoms with van der Waals surface area (Å²) >= 11 is 1.62. The van der Waals surface area contributed by atoms with Crippen molar-refractivity contribution in [2.45, 2.75) is 26.2 Å². The van der Waals surface area contributed by atoms with Gasteiger partial charge in [-0.1, -0.05) is 25.2 Å². The van der Waals surface area contributed by atoms with Crippen molar-refractivity contribution in [1.82, 2.24) is 25.1 Å². The van der Waals surface area contributed by atoms with Crippen LogP contribution in [0.2, 0.25) is 0 Å². The van der Waals surface area contributed by atoms with E-state index in [1.54, 1.807) is 11.3 Å². The number of hydrogen-bond donors (Lipinski definition) is 1. The average Bonchev–Trinajstić information content (AvgIpc) is 2.74. The minimum atomic E-state index is 0.453. The second-order valence-corrected chi connectivity index (χ2v) is 4.75. The molecule has 0 aromatic carbocycles. The number of hydrogen-bond acceptors (Lipinski definition) is 5. The SMILES string of the molecule is CNCCc1nnc2sc(C(C)C)nn12. The first kappa shape index (κ1) is 10.5. The summed E-state index contributed by atoms with van der Waals surface area (Å²) in [6.07, 6.45) is 0.860. The van der Waals surface area contributed by atoms with Crippen LogP contribution in [-0.4, -0.2) is 33.4 Å². The fourth-order valence-corrected chi connectivity index (χ4v) is 2.16. The Labute approximate surface area is 92.5 Å². The summed E-state index contributed by atoms with van der Waals surface area (Å²) < 4.78 is 1.86. The zero-order chi connectivity index (χ0) is 10.8. The van der Waals surface area contributed by atoms with Gasteiger partial charge in [-0.05, 0) is 7.05 Å². The number of aromatic nitrogens is 4. The molecule has 0 atom stereocenters. The molecule has 0 aliphatic carbocycles. The van der Waals surface area contributed by atoms with Crippen molar-refractivity contribution in [3.63, 3.8) is 0 Å². The summed E-state index contributed by atoms with van der Waals surface area (Å²) in [5.74, 6) is 1.39. The summed E-state index contributed by atoms with van der Waals surface area (Å²) in [6.45, 7) is 5.17. The van der Waals surface area contributed by atoms with Crippen LogP contribution in [0.4, 0.5) is 0 Å². The predicted octanol–water partition coefficient (Wildman–Crippen LogP) is 1.07. The highest BCUT2D eigenvalue weighted by molar-refractivity contribution is 7.16. The summed E-state index contributed by atoms with van der Waals surface area (Å²) in [7, 11) is 1.93. The zero-order valence-corrected chi connectivity index (χ0v) is 10.0. The minimum absolute atomic E-state index is 0.453. The van der Waals surface area contributed by atoms with Crippen molar-refractivity contribution in [3.8, 4) is 0 Å². The van der Waals surface area contributed by atoms with Crippen LogP contribution in [0.15, 0.2) is 0 Å². The number of rotatable bonds is 4. The highest BCUT2D eigenvalue weighted by atomic mass is 32.1. The molecule has 15 heavy (non-hydrogen) atoms. The summed E-state index contributed by atoms with van der Waals surface area (Å²) in [4.78, 5) is 0.893. The molecule has 0 saturated heterocycles. The van der Waals surface area contributed by atoms with Gasteiger partial charge in [0.05, 0.1) is 0 Å². The quantitative estimate of drug-likeness (QED) is 0.845. The van der Waals surface area contributed by atoms with Crippen LogP contribution < -0.4 is 5.32 Å². The molecular formula is C9H15N5S. The Hall–Kier alpha value is -1.01. The summed E-state index contributed by atoms with van der Waals surface area (Å²) in [5, 5.41) is 16.9. The monoisotopic (exact) mass is 225 g/mol. The van der Waals surface area contributed by atoms with Gasteiger partial charge in [0.25, 0.3) is 0 Å². The first-order valence-electron chi connectivity index (χ1n) is 5.08. The van der Waals surface area contributed by atoms with E-state index in [9.17, 15) is 0 Å². The molecule has 0 unspecified atom stereocenters. The van der Waals surface area contributed by atoms with Gasteiger partial charge < -0.3 is 5.32 Å². The fourth-order valence-electron chi connectivity index (χ4n) is 1.30. The molecule has 5 nitrogen and oxygen atoms in total. The van der Waals surface area contributed by atoms with E-state index < -0.39 is 0 Å². The Morgan fingerprint density at radius 2 is 2.20 bits per heavy atom. The van der Waals surface area contributed by atoms with Crippen LogP contribution in [0, 0.1) is 0 Å². The lowest BCUT2D eigenvalue weighted by Crippen LogP contribution is -2.12. The second kappa shape index (κ2) is 4.24.